The zero-order valence-electron chi connectivity index (χ0n) is 13.3. The SMILES string of the molecule is CNS(=O)(=O)c1cc(C(=O)NCCC2CCCNC2)c(C)o1.Cl. The summed E-state index contributed by atoms with van der Waals surface area (Å²) >= 11 is 0. The number of nitrogens with one attached hydrogen (secondary N) is 3. The smallest absolute Gasteiger partial charge is 0.273 e. The summed E-state index contributed by atoms with van der Waals surface area (Å²) in [6, 6.07) is 1.26. The van der Waals surface area contributed by atoms with Crippen molar-refractivity contribution in [3.63, 3.8) is 0 Å². The van der Waals surface area contributed by atoms with Crippen LogP contribution >= 0.6 is 12.4 Å². The van der Waals surface area contributed by atoms with Crippen LogP contribution in [0.25, 0.3) is 0 Å². The molecule has 1 aliphatic heterocycles. The molecule has 0 aliphatic carbocycles. The van der Waals surface area contributed by atoms with Crippen LogP contribution in [0.2, 0.25) is 0 Å². The van der Waals surface area contributed by atoms with Gasteiger partial charge in [-0.1, -0.05) is 0 Å². The van der Waals surface area contributed by atoms with Gasteiger partial charge in [0.25, 0.3) is 15.9 Å². The van der Waals surface area contributed by atoms with E-state index in [1.54, 1.807) is 6.92 Å². The highest BCUT2D eigenvalue weighted by atomic mass is 35.5. The first-order valence-electron chi connectivity index (χ1n) is 7.47. The van der Waals surface area contributed by atoms with Crippen LogP contribution in [0.3, 0.4) is 0 Å². The number of carbonyl (C=O) groups excluding carboxylic acids is 1. The molecule has 2 rings (SSSR count). The van der Waals surface area contributed by atoms with Crippen LogP contribution in [0.1, 0.15) is 35.4 Å². The fourth-order valence-electron chi connectivity index (χ4n) is 2.57. The molecule has 1 amide bonds. The number of hydrogen-bond donors (Lipinski definition) is 3. The van der Waals surface area contributed by atoms with Crippen LogP contribution in [-0.2, 0) is 10.0 Å². The van der Waals surface area contributed by atoms with Gasteiger partial charge in [-0.25, -0.2) is 13.1 Å². The number of hydrogen-bond acceptors (Lipinski definition) is 5. The molecular formula is C14H24ClN3O4S. The maximum atomic E-state index is 12.1. The Morgan fingerprint density at radius 3 is 2.83 bits per heavy atom. The maximum Gasteiger partial charge on any atom is 0.273 e. The van der Waals surface area contributed by atoms with Crippen molar-refractivity contribution in [2.45, 2.75) is 31.3 Å². The van der Waals surface area contributed by atoms with Crippen LogP contribution in [0.4, 0.5) is 0 Å². The van der Waals surface area contributed by atoms with Crippen molar-refractivity contribution in [3.8, 4) is 0 Å². The van der Waals surface area contributed by atoms with Crippen molar-refractivity contribution >= 4 is 28.3 Å². The normalized spacial score (nSPS) is 18.3. The molecule has 0 spiro atoms. The predicted molar refractivity (Wildman–Crippen MR) is 89.5 cm³/mol. The summed E-state index contributed by atoms with van der Waals surface area (Å²) in [5.41, 5.74) is 0.260. The second kappa shape index (κ2) is 8.68. The van der Waals surface area contributed by atoms with E-state index in [0.717, 1.165) is 19.5 Å². The van der Waals surface area contributed by atoms with Crippen molar-refractivity contribution < 1.29 is 17.6 Å². The molecule has 7 nitrogen and oxygen atoms in total. The zero-order chi connectivity index (χ0) is 16.2. The van der Waals surface area contributed by atoms with Crippen molar-refractivity contribution in [2.75, 3.05) is 26.7 Å². The van der Waals surface area contributed by atoms with E-state index in [1.807, 2.05) is 0 Å². The number of sulfonamides is 1. The van der Waals surface area contributed by atoms with Crippen LogP contribution in [0, 0.1) is 12.8 Å². The third-order valence-corrected chi connectivity index (χ3v) is 5.18. The number of aryl methyl sites for hydroxylation is 1. The van der Waals surface area contributed by atoms with Gasteiger partial charge in [0, 0.05) is 12.6 Å². The lowest BCUT2D eigenvalue weighted by Crippen LogP contribution is -2.33. The number of halogens is 1. The molecule has 23 heavy (non-hydrogen) atoms. The number of furan rings is 1. The monoisotopic (exact) mass is 365 g/mol. The van der Waals surface area contributed by atoms with E-state index in [9.17, 15) is 13.2 Å². The molecule has 1 aromatic rings. The number of piperidine rings is 1. The first-order valence-corrected chi connectivity index (χ1v) is 8.95. The van der Waals surface area contributed by atoms with Crippen molar-refractivity contribution in [3.05, 3.63) is 17.4 Å². The van der Waals surface area contributed by atoms with Gasteiger partial charge in [0.1, 0.15) is 5.76 Å². The molecule has 2 heterocycles. The molecule has 0 bridgehead atoms. The molecule has 132 valence electrons. The summed E-state index contributed by atoms with van der Waals surface area (Å²) in [6.45, 7) is 4.21. The molecule has 1 saturated heterocycles. The molecule has 3 N–H and O–H groups in total. The Bertz CT molecular complexity index is 624. The van der Waals surface area contributed by atoms with Gasteiger partial charge in [-0.05, 0) is 52.2 Å². The molecule has 0 radical (unpaired) electrons. The lowest BCUT2D eigenvalue weighted by molar-refractivity contribution is 0.0949. The molecule has 0 aromatic carbocycles. The third kappa shape index (κ3) is 5.20. The van der Waals surface area contributed by atoms with Gasteiger partial charge in [-0.2, -0.15) is 0 Å². The van der Waals surface area contributed by atoms with E-state index < -0.39 is 10.0 Å². The molecule has 1 aromatic heterocycles. The third-order valence-electron chi connectivity index (χ3n) is 3.91. The van der Waals surface area contributed by atoms with Crippen molar-refractivity contribution in [1.29, 1.82) is 0 Å². The first kappa shape index (κ1) is 20.0. The molecule has 0 saturated carbocycles. The summed E-state index contributed by atoms with van der Waals surface area (Å²) in [6.07, 6.45) is 3.26. The van der Waals surface area contributed by atoms with Gasteiger partial charge in [0.15, 0.2) is 0 Å². The van der Waals surface area contributed by atoms with Crippen LogP contribution in [0.5, 0.6) is 0 Å². The highest BCUT2D eigenvalue weighted by Crippen LogP contribution is 2.19. The average Bonchev–Trinajstić information content (AvgIpc) is 2.91. The van der Waals surface area contributed by atoms with E-state index in [-0.39, 0.29) is 29.0 Å². The lowest BCUT2D eigenvalue weighted by atomic mass is 9.96. The molecule has 1 atom stereocenters. The van der Waals surface area contributed by atoms with Gasteiger partial charge in [0.05, 0.1) is 5.56 Å². The Balaban J connectivity index is 0.00000264. The fourth-order valence-corrected chi connectivity index (χ4v) is 3.28. The van der Waals surface area contributed by atoms with E-state index in [1.165, 1.54) is 26.0 Å². The van der Waals surface area contributed by atoms with Gasteiger partial charge >= 0.3 is 0 Å². The van der Waals surface area contributed by atoms with Crippen molar-refractivity contribution in [2.24, 2.45) is 5.92 Å². The number of amides is 1. The summed E-state index contributed by atoms with van der Waals surface area (Å²) in [4.78, 5) is 12.1. The first-order chi connectivity index (χ1) is 10.4. The Hall–Kier alpha value is -1.09. The van der Waals surface area contributed by atoms with Gasteiger partial charge < -0.3 is 15.1 Å². The highest BCUT2D eigenvalue weighted by Gasteiger charge is 2.22. The van der Waals surface area contributed by atoms with E-state index in [0.29, 0.717) is 18.2 Å². The van der Waals surface area contributed by atoms with E-state index >= 15 is 0 Å². The standard InChI is InChI=1S/C14H23N3O4S.ClH/c1-10-12(8-13(21-10)22(19,20)15-2)14(18)17-7-5-11-4-3-6-16-9-11;/h8,11,15-16H,3-7,9H2,1-2H3,(H,17,18);1H. The second-order valence-corrected chi connectivity index (χ2v) is 7.32. The second-order valence-electron chi connectivity index (χ2n) is 5.50. The average molecular weight is 366 g/mol. The summed E-state index contributed by atoms with van der Waals surface area (Å²) in [7, 11) is -2.38. The van der Waals surface area contributed by atoms with E-state index in [2.05, 4.69) is 15.4 Å². The fraction of sp³-hybridized carbons (Fsp3) is 0.643. The van der Waals surface area contributed by atoms with Crippen LogP contribution < -0.4 is 15.4 Å². The zero-order valence-corrected chi connectivity index (χ0v) is 15.0. The Morgan fingerprint density at radius 2 is 2.22 bits per heavy atom. The quantitative estimate of drug-likeness (QED) is 0.699. The molecule has 1 unspecified atom stereocenters. The summed E-state index contributed by atoms with van der Waals surface area (Å²) in [5.74, 6) is 0.577. The van der Waals surface area contributed by atoms with E-state index in [4.69, 9.17) is 4.42 Å². The van der Waals surface area contributed by atoms with Gasteiger partial charge in [0.2, 0.25) is 5.09 Å². The number of carbonyl (C=O) groups is 1. The minimum absolute atomic E-state index is 0. The topological polar surface area (TPSA) is 100 Å². The predicted octanol–water partition coefficient (Wildman–Crippen LogP) is 1.04. The summed E-state index contributed by atoms with van der Waals surface area (Å²) < 4.78 is 30.7. The Morgan fingerprint density at radius 1 is 1.48 bits per heavy atom. The maximum absolute atomic E-state index is 12.1. The molecule has 9 heteroatoms. The van der Waals surface area contributed by atoms with Crippen molar-refractivity contribution in [1.82, 2.24) is 15.4 Å². The minimum Gasteiger partial charge on any atom is -0.448 e. The largest absolute Gasteiger partial charge is 0.448 e. The Kier molecular flexibility index (Phi) is 7.53. The van der Waals surface area contributed by atoms with Gasteiger partial charge in [-0.3, -0.25) is 4.79 Å². The molecule has 1 fully saturated rings. The molecule has 1 aliphatic rings. The summed E-state index contributed by atoms with van der Waals surface area (Å²) in [5, 5.41) is 5.93. The van der Waals surface area contributed by atoms with Crippen LogP contribution in [-0.4, -0.2) is 41.0 Å². The van der Waals surface area contributed by atoms with Gasteiger partial charge in [-0.15, -0.1) is 12.4 Å². The number of rotatable bonds is 6. The lowest BCUT2D eigenvalue weighted by Gasteiger charge is -2.22. The molecular weight excluding hydrogens is 342 g/mol. The highest BCUT2D eigenvalue weighted by molar-refractivity contribution is 7.89. The minimum atomic E-state index is -3.68. The Labute approximate surface area is 143 Å². The van der Waals surface area contributed by atoms with Crippen LogP contribution in [0.15, 0.2) is 15.6 Å².